The number of carbonyl (C=O) groups excluding carboxylic acids is 1. The molecule has 5 heteroatoms. The molecule has 2 fully saturated rings. The van der Waals surface area contributed by atoms with Gasteiger partial charge in [0, 0.05) is 17.5 Å². The van der Waals surface area contributed by atoms with Crippen LogP contribution in [0.2, 0.25) is 0 Å². The molecule has 140 valence electrons. The maximum atomic E-state index is 12.5. The topological polar surface area (TPSA) is 64.3 Å². The number of hydrogen-bond acceptors (Lipinski definition) is 3. The Bertz CT molecular complexity index is 747. The average Bonchev–Trinajstić information content (AvgIpc) is 2.61. The highest BCUT2D eigenvalue weighted by Gasteiger charge is 2.39. The average molecular weight is 375 g/mol. The summed E-state index contributed by atoms with van der Waals surface area (Å²) in [6, 6.07) is 14.6. The van der Waals surface area contributed by atoms with Gasteiger partial charge in [0.05, 0.1) is 0 Å². The predicted octanol–water partition coefficient (Wildman–Crippen LogP) is 3.66. The van der Waals surface area contributed by atoms with Crippen LogP contribution in [-0.2, 0) is 4.79 Å². The zero-order valence-corrected chi connectivity index (χ0v) is 15.7. The Morgan fingerprint density at radius 2 is 1.77 bits per heavy atom. The molecule has 4 nitrogen and oxygen atoms in total. The molecule has 2 aromatic rings. The maximum absolute atomic E-state index is 12.5. The van der Waals surface area contributed by atoms with E-state index in [2.05, 4.69) is 17.4 Å². The van der Waals surface area contributed by atoms with E-state index in [1.54, 1.807) is 0 Å². The van der Waals surface area contributed by atoms with Crippen molar-refractivity contribution in [2.24, 2.45) is 17.6 Å². The summed E-state index contributed by atoms with van der Waals surface area (Å²) in [5.41, 5.74) is 6.17. The van der Waals surface area contributed by atoms with E-state index < -0.39 is 0 Å². The number of benzene rings is 2. The molecule has 0 aromatic heterocycles. The fraction of sp³-hybridized carbons (Fsp3) is 0.476. The van der Waals surface area contributed by atoms with Gasteiger partial charge in [0.2, 0.25) is 0 Å². The summed E-state index contributed by atoms with van der Waals surface area (Å²) in [7, 11) is 0. The minimum atomic E-state index is -0.0229. The molecule has 2 aliphatic carbocycles. The first-order chi connectivity index (χ1) is 12.2. The second-order valence-electron chi connectivity index (χ2n) is 7.54. The van der Waals surface area contributed by atoms with Gasteiger partial charge < -0.3 is 15.8 Å². The number of amides is 1. The van der Waals surface area contributed by atoms with Crippen LogP contribution in [-0.4, -0.2) is 24.6 Å². The van der Waals surface area contributed by atoms with Gasteiger partial charge >= 0.3 is 0 Å². The van der Waals surface area contributed by atoms with Crippen molar-refractivity contribution >= 4 is 29.1 Å². The molecule has 2 saturated carbocycles. The number of nitrogens with one attached hydrogen (secondary N) is 1. The van der Waals surface area contributed by atoms with Crippen LogP contribution in [0, 0.1) is 11.8 Å². The predicted molar refractivity (Wildman–Crippen MR) is 107 cm³/mol. The lowest BCUT2D eigenvalue weighted by Crippen LogP contribution is -2.54. The molecular weight excluding hydrogens is 348 g/mol. The highest BCUT2D eigenvalue weighted by Crippen LogP contribution is 2.39. The molecule has 0 spiro atoms. The van der Waals surface area contributed by atoms with Crippen molar-refractivity contribution in [3.8, 4) is 5.75 Å². The fourth-order valence-electron chi connectivity index (χ4n) is 4.72. The van der Waals surface area contributed by atoms with Crippen LogP contribution in [0.25, 0.3) is 10.8 Å². The second kappa shape index (κ2) is 8.28. The molecule has 2 atom stereocenters. The standard InChI is InChI=1S/C21H26N2O2.ClH/c22-17-11-15-7-3-8-16(12-17)21(15)23-20(24)13-25-19-10-4-6-14-5-1-2-9-18(14)19;/h1-2,4-6,9-10,15-17,21H,3,7-8,11-13,22H2,(H,23,24);1H. The molecule has 2 unspecified atom stereocenters. The molecule has 0 heterocycles. The number of rotatable bonds is 4. The van der Waals surface area contributed by atoms with E-state index in [9.17, 15) is 4.79 Å². The normalized spacial score (nSPS) is 27.4. The Labute approximate surface area is 160 Å². The van der Waals surface area contributed by atoms with Crippen molar-refractivity contribution in [1.29, 1.82) is 0 Å². The van der Waals surface area contributed by atoms with Gasteiger partial charge in [-0.25, -0.2) is 0 Å². The molecule has 0 saturated heterocycles. The quantitative estimate of drug-likeness (QED) is 0.858. The van der Waals surface area contributed by atoms with Crippen molar-refractivity contribution in [3.05, 3.63) is 42.5 Å². The molecule has 1 amide bonds. The van der Waals surface area contributed by atoms with E-state index in [-0.39, 0.29) is 31.0 Å². The molecule has 4 rings (SSSR count). The minimum Gasteiger partial charge on any atom is -0.483 e. The first-order valence-electron chi connectivity index (χ1n) is 9.36. The number of hydrogen-bond donors (Lipinski definition) is 2. The third kappa shape index (κ3) is 3.97. The Morgan fingerprint density at radius 1 is 1.08 bits per heavy atom. The number of halogens is 1. The summed E-state index contributed by atoms with van der Waals surface area (Å²) in [5, 5.41) is 5.40. The molecule has 2 aromatic carbocycles. The van der Waals surface area contributed by atoms with E-state index in [1.807, 2.05) is 30.3 Å². The summed E-state index contributed by atoms with van der Waals surface area (Å²) in [6.07, 6.45) is 5.69. The van der Waals surface area contributed by atoms with Crippen LogP contribution < -0.4 is 15.8 Å². The van der Waals surface area contributed by atoms with E-state index in [0.29, 0.717) is 17.9 Å². The molecule has 26 heavy (non-hydrogen) atoms. The van der Waals surface area contributed by atoms with Gasteiger partial charge in [0.25, 0.3) is 5.91 Å². The third-order valence-corrected chi connectivity index (χ3v) is 5.81. The highest BCUT2D eigenvalue weighted by molar-refractivity contribution is 5.88. The van der Waals surface area contributed by atoms with Crippen molar-refractivity contribution in [2.75, 3.05) is 6.61 Å². The van der Waals surface area contributed by atoms with Crippen molar-refractivity contribution in [3.63, 3.8) is 0 Å². The smallest absolute Gasteiger partial charge is 0.258 e. The Balaban J connectivity index is 0.00000196. The van der Waals surface area contributed by atoms with Crippen molar-refractivity contribution < 1.29 is 9.53 Å². The van der Waals surface area contributed by atoms with E-state index >= 15 is 0 Å². The van der Waals surface area contributed by atoms with Crippen molar-refractivity contribution in [1.82, 2.24) is 5.32 Å². The van der Waals surface area contributed by atoms with Crippen LogP contribution in [0.15, 0.2) is 42.5 Å². The Kier molecular flexibility index (Phi) is 6.05. The van der Waals surface area contributed by atoms with E-state index in [0.717, 1.165) is 29.4 Å². The van der Waals surface area contributed by atoms with Crippen LogP contribution >= 0.6 is 12.4 Å². The van der Waals surface area contributed by atoms with Gasteiger partial charge in [0.15, 0.2) is 6.61 Å². The van der Waals surface area contributed by atoms with Gasteiger partial charge in [-0.1, -0.05) is 42.8 Å². The molecule has 3 N–H and O–H groups in total. The van der Waals surface area contributed by atoms with E-state index in [1.165, 1.54) is 19.3 Å². The van der Waals surface area contributed by atoms with Crippen molar-refractivity contribution in [2.45, 2.75) is 44.2 Å². The second-order valence-corrected chi connectivity index (χ2v) is 7.54. The Hall–Kier alpha value is -1.78. The third-order valence-electron chi connectivity index (χ3n) is 5.81. The number of fused-ring (bicyclic) bond motifs is 3. The number of carbonyl (C=O) groups is 1. The Morgan fingerprint density at radius 3 is 2.54 bits per heavy atom. The van der Waals surface area contributed by atoms with E-state index in [4.69, 9.17) is 10.5 Å². The highest BCUT2D eigenvalue weighted by atomic mass is 35.5. The zero-order valence-electron chi connectivity index (χ0n) is 14.9. The molecule has 2 aliphatic rings. The minimum absolute atomic E-state index is 0. The SMILES string of the molecule is Cl.NC1CC2CCCC(C1)C2NC(=O)COc1cccc2ccccc12. The van der Waals surface area contributed by atoms with Gasteiger partial charge in [0.1, 0.15) is 5.75 Å². The lowest BCUT2D eigenvalue weighted by Gasteiger charge is -2.45. The summed E-state index contributed by atoms with van der Waals surface area (Å²) in [6.45, 7) is 0.0655. The first-order valence-corrected chi connectivity index (χ1v) is 9.36. The lowest BCUT2D eigenvalue weighted by atomic mass is 9.67. The summed E-state index contributed by atoms with van der Waals surface area (Å²) >= 11 is 0. The monoisotopic (exact) mass is 374 g/mol. The molecular formula is C21H27ClN2O2. The van der Waals surface area contributed by atoms with Gasteiger partial charge in [-0.3, -0.25) is 4.79 Å². The number of nitrogens with two attached hydrogens (primary N) is 1. The largest absolute Gasteiger partial charge is 0.483 e. The first kappa shape index (κ1) is 19.0. The zero-order chi connectivity index (χ0) is 17.2. The fourth-order valence-corrected chi connectivity index (χ4v) is 4.72. The van der Waals surface area contributed by atoms with Crippen LogP contribution in [0.5, 0.6) is 5.75 Å². The van der Waals surface area contributed by atoms with Gasteiger partial charge in [-0.15, -0.1) is 12.4 Å². The summed E-state index contributed by atoms with van der Waals surface area (Å²) in [4.78, 5) is 12.5. The number of ether oxygens (including phenoxy) is 1. The van der Waals surface area contributed by atoms with Gasteiger partial charge in [-0.2, -0.15) is 0 Å². The summed E-state index contributed by atoms with van der Waals surface area (Å²) < 4.78 is 5.83. The lowest BCUT2D eigenvalue weighted by molar-refractivity contribution is -0.125. The maximum Gasteiger partial charge on any atom is 0.258 e. The summed E-state index contributed by atoms with van der Waals surface area (Å²) in [5.74, 6) is 1.80. The molecule has 2 bridgehead atoms. The molecule has 0 radical (unpaired) electrons. The van der Waals surface area contributed by atoms with Gasteiger partial charge in [-0.05, 0) is 49.0 Å². The van der Waals surface area contributed by atoms with Crippen LogP contribution in [0.4, 0.5) is 0 Å². The van der Waals surface area contributed by atoms with Crippen LogP contribution in [0.3, 0.4) is 0 Å². The molecule has 0 aliphatic heterocycles. The van der Waals surface area contributed by atoms with Crippen LogP contribution in [0.1, 0.15) is 32.1 Å².